The van der Waals surface area contributed by atoms with Gasteiger partial charge in [-0.15, -0.1) is 0 Å². The van der Waals surface area contributed by atoms with Crippen LogP contribution in [0.2, 0.25) is 0 Å². The maximum atomic E-state index is 11.0. The van der Waals surface area contributed by atoms with E-state index < -0.39 is 5.60 Å². The van der Waals surface area contributed by atoms with Gasteiger partial charge in [-0.25, -0.2) is 0 Å². The Hall–Kier alpha value is -0.120. The molecule has 0 aromatic rings. The number of hydrogen-bond donors (Lipinski definition) is 1. The van der Waals surface area contributed by atoms with Gasteiger partial charge in [-0.05, 0) is 89.9 Å². The van der Waals surface area contributed by atoms with E-state index in [0.29, 0.717) is 29.5 Å². The molecule has 3 nitrogen and oxygen atoms in total. The zero-order valence-electron chi connectivity index (χ0n) is 15.5. The number of epoxide rings is 2. The third kappa shape index (κ3) is 2.87. The van der Waals surface area contributed by atoms with Crippen molar-refractivity contribution in [1.29, 1.82) is 0 Å². The number of hydrogen-bond acceptors (Lipinski definition) is 3. The highest BCUT2D eigenvalue weighted by molar-refractivity contribution is 5.10. The SMILES string of the molecule is CC1(C)OC1CC[C@@]1(C)CCC2(C)O[C@H]2CC[C@](C)(O)[C@H]2C[C@@H]21. The predicted octanol–water partition coefficient (Wildman–Crippen LogP) is 4.07. The molecule has 3 heteroatoms. The largest absolute Gasteiger partial charge is 0.390 e. The minimum Gasteiger partial charge on any atom is -0.390 e. The fourth-order valence-electron chi connectivity index (χ4n) is 5.37. The minimum atomic E-state index is -0.508. The van der Waals surface area contributed by atoms with Crippen LogP contribution in [0.15, 0.2) is 0 Å². The van der Waals surface area contributed by atoms with Crippen LogP contribution in [0.5, 0.6) is 0 Å². The van der Waals surface area contributed by atoms with Crippen LogP contribution in [0, 0.1) is 17.3 Å². The number of fused-ring (bicyclic) bond motifs is 2. The quantitative estimate of drug-likeness (QED) is 0.797. The summed E-state index contributed by atoms with van der Waals surface area (Å²) in [4.78, 5) is 0. The van der Waals surface area contributed by atoms with Crippen molar-refractivity contribution in [2.45, 2.75) is 109 Å². The van der Waals surface area contributed by atoms with Crippen LogP contribution in [0.4, 0.5) is 0 Å². The average Bonchev–Trinajstić information content (AvgIpc) is 3.32. The molecule has 0 bridgehead atoms. The molecule has 2 saturated carbocycles. The van der Waals surface area contributed by atoms with Gasteiger partial charge in [-0.3, -0.25) is 0 Å². The molecule has 1 N–H and O–H groups in total. The van der Waals surface area contributed by atoms with Crippen LogP contribution in [0.3, 0.4) is 0 Å². The van der Waals surface area contributed by atoms with Gasteiger partial charge >= 0.3 is 0 Å². The first-order valence-electron chi connectivity index (χ1n) is 9.64. The Bertz CT molecular complexity index is 499. The summed E-state index contributed by atoms with van der Waals surface area (Å²) in [6.07, 6.45) is 8.72. The molecule has 132 valence electrons. The normalized spacial score (nSPS) is 57.1. The van der Waals surface area contributed by atoms with Crippen LogP contribution >= 0.6 is 0 Å². The molecule has 4 fully saturated rings. The summed E-state index contributed by atoms with van der Waals surface area (Å²) >= 11 is 0. The van der Waals surface area contributed by atoms with Crippen molar-refractivity contribution in [3.63, 3.8) is 0 Å². The van der Waals surface area contributed by atoms with Crippen molar-refractivity contribution in [3.8, 4) is 0 Å². The molecule has 2 saturated heterocycles. The Labute approximate surface area is 141 Å². The van der Waals surface area contributed by atoms with E-state index in [4.69, 9.17) is 9.47 Å². The number of aliphatic hydroxyl groups is 1. The smallest absolute Gasteiger partial charge is 0.0920 e. The van der Waals surface area contributed by atoms with Crippen molar-refractivity contribution in [1.82, 2.24) is 0 Å². The molecule has 0 radical (unpaired) electrons. The van der Waals surface area contributed by atoms with E-state index in [1.807, 2.05) is 0 Å². The Kier molecular flexibility index (Phi) is 3.37. The fraction of sp³-hybridized carbons (Fsp3) is 1.00. The molecular formula is C20H34O3. The highest BCUT2D eigenvalue weighted by Crippen LogP contribution is 2.63. The highest BCUT2D eigenvalue weighted by Gasteiger charge is 2.61. The van der Waals surface area contributed by atoms with E-state index in [9.17, 15) is 5.11 Å². The second-order valence-electron chi connectivity index (χ2n) is 10.2. The van der Waals surface area contributed by atoms with E-state index in [2.05, 4.69) is 34.6 Å². The van der Waals surface area contributed by atoms with E-state index >= 15 is 0 Å². The maximum Gasteiger partial charge on any atom is 0.0920 e. The van der Waals surface area contributed by atoms with Crippen LogP contribution in [-0.2, 0) is 9.47 Å². The van der Waals surface area contributed by atoms with Gasteiger partial charge < -0.3 is 14.6 Å². The summed E-state index contributed by atoms with van der Waals surface area (Å²) in [5, 5.41) is 11.0. The lowest BCUT2D eigenvalue weighted by Crippen LogP contribution is -2.34. The van der Waals surface area contributed by atoms with Crippen molar-refractivity contribution >= 4 is 0 Å². The van der Waals surface area contributed by atoms with Gasteiger partial charge in [0, 0.05) is 0 Å². The predicted molar refractivity (Wildman–Crippen MR) is 90.3 cm³/mol. The van der Waals surface area contributed by atoms with Crippen molar-refractivity contribution in [3.05, 3.63) is 0 Å². The third-order valence-electron chi connectivity index (χ3n) is 7.77. The van der Waals surface area contributed by atoms with E-state index in [-0.39, 0.29) is 11.2 Å². The Balaban J connectivity index is 1.48. The Morgan fingerprint density at radius 3 is 2.30 bits per heavy atom. The second-order valence-corrected chi connectivity index (χ2v) is 10.2. The molecular weight excluding hydrogens is 288 g/mol. The monoisotopic (exact) mass is 322 g/mol. The summed E-state index contributed by atoms with van der Waals surface area (Å²) in [6, 6.07) is 0. The standard InChI is InChI=1S/C20H34O3/c1-17(2)15(22-17)6-8-18(3)10-11-20(5)16(23-20)7-9-19(4,21)14-12-13(14)18/h13-16,21H,6-12H2,1-5H3/t13-,14-,15?,16-,18-,19-,20?/m0/s1. The van der Waals surface area contributed by atoms with Crippen molar-refractivity contribution in [2.24, 2.45) is 17.3 Å². The molecule has 0 spiro atoms. The topological polar surface area (TPSA) is 45.3 Å². The molecule has 0 aromatic heterocycles. The summed E-state index contributed by atoms with van der Waals surface area (Å²) in [7, 11) is 0. The molecule has 2 unspecified atom stereocenters. The van der Waals surface area contributed by atoms with E-state index in [1.54, 1.807) is 0 Å². The first kappa shape index (κ1) is 16.4. The van der Waals surface area contributed by atoms with Gasteiger partial charge in [0.1, 0.15) is 0 Å². The second kappa shape index (κ2) is 4.74. The summed E-state index contributed by atoms with van der Waals surface area (Å²) < 4.78 is 11.8. The Morgan fingerprint density at radius 1 is 0.957 bits per heavy atom. The zero-order chi connectivity index (χ0) is 16.7. The maximum absolute atomic E-state index is 11.0. The molecule has 23 heavy (non-hydrogen) atoms. The van der Waals surface area contributed by atoms with Gasteiger partial charge in [-0.1, -0.05) is 6.92 Å². The molecule has 2 aliphatic heterocycles. The van der Waals surface area contributed by atoms with E-state index in [1.165, 1.54) is 25.7 Å². The zero-order valence-corrected chi connectivity index (χ0v) is 15.5. The molecule has 0 aromatic carbocycles. The Morgan fingerprint density at radius 2 is 1.65 bits per heavy atom. The average molecular weight is 322 g/mol. The molecule has 4 rings (SSSR count). The minimum absolute atomic E-state index is 0.0778. The van der Waals surface area contributed by atoms with Crippen LogP contribution < -0.4 is 0 Å². The summed E-state index contributed by atoms with van der Waals surface area (Å²) in [5.41, 5.74) is -0.00902. The molecule has 2 aliphatic carbocycles. The lowest BCUT2D eigenvalue weighted by atomic mass is 9.71. The van der Waals surface area contributed by atoms with E-state index in [0.717, 1.165) is 19.3 Å². The fourth-order valence-corrected chi connectivity index (χ4v) is 5.37. The van der Waals surface area contributed by atoms with Gasteiger partial charge in [0.2, 0.25) is 0 Å². The number of ether oxygens (including phenoxy) is 2. The summed E-state index contributed by atoms with van der Waals surface area (Å²) in [6.45, 7) is 11.2. The highest BCUT2D eigenvalue weighted by atomic mass is 16.6. The van der Waals surface area contributed by atoms with Gasteiger partial charge in [0.05, 0.1) is 29.0 Å². The molecule has 4 aliphatic rings. The summed E-state index contributed by atoms with van der Waals surface area (Å²) in [5.74, 6) is 1.17. The molecule has 2 heterocycles. The van der Waals surface area contributed by atoms with Gasteiger partial charge in [0.15, 0.2) is 0 Å². The molecule has 7 atom stereocenters. The molecule has 0 amide bonds. The first-order valence-corrected chi connectivity index (χ1v) is 9.64. The number of rotatable bonds is 3. The van der Waals surface area contributed by atoms with Gasteiger partial charge in [0.25, 0.3) is 0 Å². The third-order valence-corrected chi connectivity index (χ3v) is 7.77. The van der Waals surface area contributed by atoms with Crippen LogP contribution in [0.1, 0.15) is 79.6 Å². The lowest BCUT2D eigenvalue weighted by molar-refractivity contribution is 0.00707. The van der Waals surface area contributed by atoms with Crippen molar-refractivity contribution < 1.29 is 14.6 Å². The van der Waals surface area contributed by atoms with Crippen molar-refractivity contribution in [2.75, 3.05) is 0 Å². The first-order chi connectivity index (χ1) is 10.6. The van der Waals surface area contributed by atoms with Crippen LogP contribution in [0.25, 0.3) is 0 Å². The van der Waals surface area contributed by atoms with Gasteiger partial charge in [-0.2, -0.15) is 0 Å². The lowest BCUT2D eigenvalue weighted by Gasteiger charge is -2.35. The van der Waals surface area contributed by atoms with Crippen LogP contribution in [-0.4, -0.2) is 34.1 Å².